The van der Waals surface area contributed by atoms with E-state index in [4.69, 9.17) is 4.74 Å². The molecule has 12 heteroatoms. The number of carboxylic acids is 1. The van der Waals surface area contributed by atoms with Crippen LogP contribution in [0.3, 0.4) is 0 Å². The van der Waals surface area contributed by atoms with E-state index in [1.165, 1.54) is 6.92 Å². The smallest absolute Gasteiger partial charge is 0.326 e. The van der Waals surface area contributed by atoms with Crippen molar-refractivity contribution < 1.29 is 44.7 Å². The van der Waals surface area contributed by atoms with Crippen LogP contribution in [-0.2, 0) is 9.53 Å². The Kier molecular flexibility index (Phi) is 5.52. The number of aromatic nitrogens is 2. The van der Waals surface area contributed by atoms with Crippen molar-refractivity contribution in [1.82, 2.24) is 14.5 Å². The van der Waals surface area contributed by atoms with E-state index < -0.39 is 61.1 Å². The van der Waals surface area contributed by atoms with Crippen LogP contribution in [0.1, 0.15) is 33.9 Å². The summed E-state index contributed by atoms with van der Waals surface area (Å²) in [5.41, 5.74) is 2.01. The first-order valence-electron chi connectivity index (χ1n) is 13.1. The molecular formula is C29H25N3O9. The summed E-state index contributed by atoms with van der Waals surface area (Å²) in [4.78, 5) is 43.9. The van der Waals surface area contributed by atoms with Crippen LogP contribution < -0.4 is 0 Å². The molecule has 0 aliphatic carbocycles. The van der Waals surface area contributed by atoms with Crippen LogP contribution >= 0.6 is 0 Å². The number of carbonyl (C=O) groups is 3. The fourth-order valence-corrected chi connectivity index (χ4v) is 6.37. The van der Waals surface area contributed by atoms with Crippen molar-refractivity contribution in [3.63, 3.8) is 0 Å². The first-order chi connectivity index (χ1) is 19.7. The van der Waals surface area contributed by atoms with Crippen LogP contribution in [0.25, 0.3) is 43.6 Å². The number of rotatable bonds is 4. The molecule has 0 spiro atoms. The maximum absolute atomic E-state index is 14.0. The number of ether oxygens (including phenoxy) is 1. The van der Waals surface area contributed by atoms with Crippen LogP contribution in [0.4, 0.5) is 0 Å². The summed E-state index contributed by atoms with van der Waals surface area (Å²) in [5.74, 6) is -2.84. The summed E-state index contributed by atoms with van der Waals surface area (Å²) in [6.45, 7) is 0.635. The normalized spacial score (nSPS) is 25.6. The summed E-state index contributed by atoms with van der Waals surface area (Å²) in [5, 5.41) is 53.7. The Morgan fingerprint density at radius 3 is 2.24 bits per heavy atom. The quantitative estimate of drug-likeness (QED) is 0.177. The van der Waals surface area contributed by atoms with Gasteiger partial charge in [0.1, 0.15) is 30.5 Å². The van der Waals surface area contributed by atoms with Gasteiger partial charge in [0.2, 0.25) is 0 Å². The maximum Gasteiger partial charge on any atom is 0.326 e. The van der Waals surface area contributed by atoms with Crippen molar-refractivity contribution >= 4 is 61.4 Å². The number of H-pyrrole nitrogens is 1. The Balaban J connectivity index is 1.67. The molecule has 12 nitrogen and oxygen atoms in total. The number of hydrogen-bond acceptors (Lipinski definition) is 8. The van der Waals surface area contributed by atoms with Gasteiger partial charge in [-0.2, -0.15) is 0 Å². The Bertz CT molecular complexity index is 1940. The molecular weight excluding hydrogens is 534 g/mol. The molecule has 41 heavy (non-hydrogen) atoms. The number of amides is 2. The van der Waals surface area contributed by atoms with Gasteiger partial charge in [0.15, 0.2) is 6.23 Å². The Morgan fingerprint density at radius 1 is 0.927 bits per heavy atom. The summed E-state index contributed by atoms with van der Waals surface area (Å²) < 4.78 is 7.56. The second-order valence-electron chi connectivity index (χ2n) is 10.5. The van der Waals surface area contributed by atoms with Crippen molar-refractivity contribution in [2.75, 3.05) is 6.61 Å². The van der Waals surface area contributed by atoms with E-state index in [1.807, 2.05) is 0 Å². The van der Waals surface area contributed by atoms with Crippen LogP contribution in [0, 0.1) is 0 Å². The highest BCUT2D eigenvalue weighted by Gasteiger charge is 2.48. The minimum atomic E-state index is -1.66. The van der Waals surface area contributed by atoms with Gasteiger partial charge < -0.3 is 39.8 Å². The average molecular weight is 560 g/mol. The molecule has 6 N–H and O–H groups in total. The highest BCUT2D eigenvalue weighted by atomic mass is 16.6. The van der Waals surface area contributed by atoms with E-state index in [9.17, 15) is 39.9 Å². The van der Waals surface area contributed by atoms with Gasteiger partial charge in [0.25, 0.3) is 11.8 Å². The zero-order valence-electron chi connectivity index (χ0n) is 21.6. The van der Waals surface area contributed by atoms with Gasteiger partial charge in [-0.1, -0.05) is 36.4 Å². The van der Waals surface area contributed by atoms with E-state index in [-0.39, 0.29) is 11.1 Å². The standard InChI is InChI=1S/C29H25N3O9/c1-11(29(39)40)31-26(37)19-17-12-6-2-4-8-14(12)30-21(17)22-18(20(19)27(31)38)13-7-3-5-9-15(13)32(22)28-25(36)24(35)23(34)16(10-33)41-28/h2-9,11,16,23-25,28,30,33-36H,10H2,1H3,(H,39,40)/t11-,16+,23+,24-,25+,28+/m0/s1. The van der Waals surface area contributed by atoms with Crippen LogP contribution in [0.2, 0.25) is 0 Å². The molecule has 0 radical (unpaired) electrons. The number of carbonyl (C=O) groups excluding carboxylic acids is 2. The predicted octanol–water partition coefficient (Wildman–Crippen LogP) is 1.47. The Hall–Kier alpha value is -4.33. The largest absolute Gasteiger partial charge is 0.480 e. The lowest BCUT2D eigenvalue weighted by Crippen LogP contribution is -2.56. The molecule has 3 aromatic carbocycles. The molecule has 0 bridgehead atoms. The number of nitrogens with one attached hydrogen (secondary N) is 1. The first kappa shape index (κ1) is 25.6. The van der Waals surface area contributed by atoms with Crippen molar-refractivity contribution in [1.29, 1.82) is 0 Å². The topological polar surface area (TPSA) is 186 Å². The SMILES string of the molecule is C[C@@H](C(=O)O)N1C(=O)c2c(c3c4ccccc4n([C@@H]4O[C@H](CO)[C@@H](O)[C@H](O)[C@H]4O)c3c3[nH]c4ccccc4c23)C1=O. The Morgan fingerprint density at radius 2 is 1.56 bits per heavy atom. The third kappa shape index (κ3) is 3.24. The number of aromatic amines is 1. The van der Waals surface area contributed by atoms with E-state index in [0.717, 1.165) is 4.90 Å². The molecule has 0 unspecified atom stereocenters. The second-order valence-corrected chi connectivity index (χ2v) is 10.5. The molecule has 5 aromatic rings. The summed E-state index contributed by atoms with van der Waals surface area (Å²) in [6.07, 6.45) is -7.40. The van der Waals surface area contributed by atoms with E-state index in [1.54, 1.807) is 53.1 Å². The number of aliphatic hydroxyl groups excluding tert-OH is 4. The number of benzene rings is 3. The zero-order valence-corrected chi connectivity index (χ0v) is 21.6. The molecule has 1 fully saturated rings. The fourth-order valence-electron chi connectivity index (χ4n) is 6.37. The molecule has 7 rings (SSSR count). The molecule has 2 aliphatic rings. The second kappa shape index (κ2) is 8.83. The number of fused-ring (bicyclic) bond motifs is 10. The van der Waals surface area contributed by atoms with Gasteiger partial charge in [-0.3, -0.25) is 14.5 Å². The van der Waals surface area contributed by atoms with Crippen LogP contribution in [0.15, 0.2) is 48.5 Å². The fraction of sp³-hybridized carbons (Fsp3) is 0.276. The maximum atomic E-state index is 14.0. The monoisotopic (exact) mass is 559 g/mol. The Labute approximate surface area is 230 Å². The van der Waals surface area contributed by atoms with Gasteiger partial charge in [-0.25, -0.2) is 4.79 Å². The summed E-state index contributed by atoms with van der Waals surface area (Å²) in [6, 6.07) is 12.6. The number of nitrogens with zero attached hydrogens (tertiary/aromatic N) is 2. The van der Waals surface area contributed by atoms with Gasteiger partial charge in [-0.05, 0) is 19.1 Å². The summed E-state index contributed by atoms with van der Waals surface area (Å²) in [7, 11) is 0. The number of para-hydroxylation sites is 2. The lowest BCUT2D eigenvalue weighted by atomic mass is 9.96. The van der Waals surface area contributed by atoms with Gasteiger partial charge >= 0.3 is 5.97 Å². The number of aliphatic hydroxyl groups is 4. The molecule has 6 atom stereocenters. The van der Waals surface area contributed by atoms with E-state index in [0.29, 0.717) is 43.6 Å². The number of aliphatic carboxylic acids is 1. The highest BCUT2D eigenvalue weighted by molar-refractivity contribution is 6.39. The number of carboxylic acid groups (broad SMARTS) is 1. The highest BCUT2D eigenvalue weighted by Crippen LogP contribution is 2.47. The molecule has 4 heterocycles. The van der Waals surface area contributed by atoms with E-state index >= 15 is 0 Å². The molecule has 1 saturated heterocycles. The van der Waals surface area contributed by atoms with Crippen LogP contribution in [0.5, 0.6) is 0 Å². The number of imide groups is 1. The average Bonchev–Trinajstić information content (AvgIpc) is 3.59. The lowest BCUT2D eigenvalue weighted by Gasteiger charge is -2.41. The molecule has 210 valence electrons. The van der Waals surface area contributed by atoms with Crippen molar-refractivity contribution in [2.45, 2.75) is 43.6 Å². The third-order valence-corrected chi connectivity index (χ3v) is 8.34. The van der Waals surface area contributed by atoms with Gasteiger partial charge in [0, 0.05) is 27.1 Å². The lowest BCUT2D eigenvalue weighted by molar-refractivity contribution is -0.249. The van der Waals surface area contributed by atoms with E-state index in [2.05, 4.69) is 4.98 Å². The zero-order chi connectivity index (χ0) is 28.9. The first-order valence-corrected chi connectivity index (χ1v) is 13.1. The minimum Gasteiger partial charge on any atom is -0.480 e. The predicted molar refractivity (Wildman–Crippen MR) is 145 cm³/mol. The van der Waals surface area contributed by atoms with Gasteiger partial charge in [0.05, 0.1) is 34.3 Å². The molecule has 0 saturated carbocycles. The molecule has 2 amide bonds. The van der Waals surface area contributed by atoms with Crippen molar-refractivity contribution in [3.05, 3.63) is 59.7 Å². The van der Waals surface area contributed by atoms with Crippen molar-refractivity contribution in [3.8, 4) is 0 Å². The van der Waals surface area contributed by atoms with Gasteiger partial charge in [-0.15, -0.1) is 0 Å². The summed E-state index contributed by atoms with van der Waals surface area (Å²) >= 11 is 0. The minimum absolute atomic E-state index is 0.0230. The molecule has 2 aromatic heterocycles. The number of hydrogen-bond donors (Lipinski definition) is 6. The van der Waals surface area contributed by atoms with Crippen molar-refractivity contribution in [2.24, 2.45) is 0 Å². The third-order valence-electron chi connectivity index (χ3n) is 8.34. The van der Waals surface area contributed by atoms with Crippen LogP contribution in [-0.4, -0.2) is 94.8 Å². The molecule has 2 aliphatic heterocycles.